The fourth-order valence-electron chi connectivity index (χ4n) is 1.77. The number of hydrogen-bond donors (Lipinski definition) is 0. The number of pyridine rings is 1. The summed E-state index contributed by atoms with van der Waals surface area (Å²) in [5.74, 6) is 0.816. The molecule has 0 aliphatic heterocycles. The molecule has 3 nitrogen and oxygen atoms in total. The lowest BCUT2D eigenvalue weighted by Gasteiger charge is -2.00. The zero-order valence-corrected chi connectivity index (χ0v) is 11.1. The third-order valence-electron chi connectivity index (χ3n) is 2.65. The van der Waals surface area contributed by atoms with Gasteiger partial charge in [-0.1, -0.05) is 40.2 Å². The van der Waals surface area contributed by atoms with Gasteiger partial charge >= 0.3 is 0 Å². The van der Waals surface area contributed by atoms with Crippen LogP contribution in [-0.2, 0) is 0 Å². The second-order valence-electron chi connectivity index (χ2n) is 3.84. The zero-order chi connectivity index (χ0) is 12.4. The molecule has 0 spiro atoms. The van der Waals surface area contributed by atoms with E-state index in [1.165, 1.54) is 0 Å². The van der Waals surface area contributed by atoms with Crippen molar-refractivity contribution < 1.29 is 0 Å². The zero-order valence-electron chi connectivity index (χ0n) is 9.49. The molecule has 1 aromatic carbocycles. The summed E-state index contributed by atoms with van der Waals surface area (Å²) in [7, 11) is 0. The Hall–Kier alpha value is -1.94. The van der Waals surface area contributed by atoms with Crippen LogP contribution in [0.25, 0.3) is 16.9 Å². The lowest BCUT2D eigenvalue weighted by molar-refractivity contribution is 0.847. The normalized spacial score (nSPS) is 10.5. The number of aromatic nitrogens is 3. The third-order valence-corrected chi connectivity index (χ3v) is 3.34. The average molecular weight is 300 g/mol. The summed E-state index contributed by atoms with van der Waals surface area (Å²) in [6.45, 7) is 0. The van der Waals surface area contributed by atoms with E-state index < -0.39 is 0 Å². The molecule has 88 valence electrons. The van der Waals surface area contributed by atoms with Gasteiger partial charge in [0.1, 0.15) is 0 Å². The minimum absolute atomic E-state index is 0.816. The molecule has 3 aromatic rings. The first-order valence-corrected chi connectivity index (χ1v) is 6.35. The quantitative estimate of drug-likeness (QED) is 0.722. The largest absolute Gasteiger partial charge is 0.237 e. The number of nitrogens with zero attached hydrogens (tertiary/aromatic N) is 3. The van der Waals surface area contributed by atoms with Crippen molar-refractivity contribution in [3.8, 4) is 16.9 Å². The van der Waals surface area contributed by atoms with Gasteiger partial charge in [-0.15, -0.1) is 0 Å². The Balaban J connectivity index is 2.03. The van der Waals surface area contributed by atoms with Gasteiger partial charge in [0.25, 0.3) is 0 Å². The summed E-state index contributed by atoms with van der Waals surface area (Å²) in [4.78, 5) is 4.27. The van der Waals surface area contributed by atoms with Crippen LogP contribution in [0.2, 0.25) is 0 Å². The molecule has 0 aliphatic carbocycles. The molecule has 0 N–H and O–H groups in total. The highest BCUT2D eigenvalue weighted by Gasteiger charge is 2.06. The lowest BCUT2D eigenvalue weighted by Crippen LogP contribution is -1.95. The van der Waals surface area contributed by atoms with E-state index in [-0.39, 0.29) is 0 Å². The van der Waals surface area contributed by atoms with Gasteiger partial charge < -0.3 is 0 Å². The van der Waals surface area contributed by atoms with Gasteiger partial charge in [0.2, 0.25) is 0 Å². The molecule has 0 atom stereocenters. The Kier molecular flexibility index (Phi) is 2.94. The first kappa shape index (κ1) is 11.2. The minimum Gasteiger partial charge on any atom is -0.237 e. The molecule has 0 saturated carbocycles. The van der Waals surface area contributed by atoms with E-state index in [2.05, 4.69) is 32.1 Å². The standard InChI is InChI=1S/C14H10BrN3/c15-13-6-2-1-5-12(13)11-9-17-18(10-11)14-7-3-4-8-16-14/h1-10H. The lowest BCUT2D eigenvalue weighted by atomic mass is 10.1. The molecule has 0 radical (unpaired) electrons. The van der Waals surface area contributed by atoms with Crippen molar-refractivity contribution in [3.63, 3.8) is 0 Å². The molecule has 0 aliphatic rings. The highest BCUT2D eigenvalue weighted by atomic mass is 79.9. The van der Waals surface area contributed by atoms with Crippen molar-refractivity contribution in [1.29, 1.82) is 0 Å². The second-order valence-corrected chi connectivity index (χ2v) is 4.70. The molecule has 0 amide bonds. The van der Waals surface area contributed by atoms with E-state index in [4.69, 9.17) is 0 Å². The van der Waals surface area contributed by atoms with E-state index in [9.17, 15) is 0 Å². The molecule has 0 unspecified atom stereocenters. The summed E-state index contributed by atoms with van der Waals surface area (Å²) in [5, 5.41) is 4.34. The Morgan fingerprint density at radius 2 is 1.83 bits per heavy atom. The molecule has 3 rings (SSSR count). The maximum Gasteiger partial charge on any atom is 0.153 e. The Labute approximate surface area is 113 Å². The molecule has 0 fully saturated rings. The Morgan fingerprint density at radius 3 is 2.61 bits per heavy atom. The maximum absolute atomic E-state index is 4.34. The van der Waals surface area contributed by atoms with E-state index in [0.29, 0.717) is 0 Å². The van der Waals surface area contributed by atoms with Gasteiger partial charge in [0, 0.05) is 22.4 Å². The molecular formula is C14H10BrN3. The molecule has 4 heteroatoms. The van der Waals surface area contributed by atoms with Crippen LogP contribution >= 0.6 is 15.9 Å². The third kappa shape index (κ3) is 2.07. The number of halogens is 1. The fraction of sp³-hybridized carbons (Fsp3) is 0. The van der Waals surface area contributed by atoms with Crippen molar-refractivity contribution in [3.05, 3.63) is 65.5 Å². The molecule has 2 heterocycles. The van der Waals surface area contributed by atoms with Crippen molar-refractivity contribution >= 4 is 15.9 Å². The summed E-state index contributed by atoms with van der Waals surface area (Å²) < 4.78 is 2.83. The van der Waals surface area contributed by atoms with Crippen molar-refractivity contribution in [2.75, 3.05) is 0 Å². The van der Waals surface area contributed by atoms with Crippen LogP contribution in [0, 0.1) is 0 Å². The Bertz CT molecular complexity index is 662. The van der Waals surface area contributed by atoms with Crippen molar-refractivity contribution in [1.82, 2.24) is 14.8 Å². The first-order chi connectivity index (χ1) is 8.84. The van der Waals surface area contributed by atoms with E-state index in [1.54, 1.807) is 10.9 Å². The SMILES string of the molecule is Brc1ccccc1-c1cnn(-c2ccccn2)c1. The van der Waals surface area contributed by atoms with Gasteiger partial charge in [0.05, 0.1) is 6.20 Å². The molecule has 2 aromatic heterocycles. The minimum atomic E-state index is 0.816. The topological polar surface area (TPSA) is 30.7 Å². The van der Waals surface area contributed by atoms with E-state index in [1.807, 2.05) is 48.8 Å². The van der Waals surface area contributed by atoms with Crippen LogP contribution in [0.5, 0.6) is 0 Å². The Morgan fingerprint density at radius 1 is 1.00 bits per heavy atom. The number of hydrogen-bond acceptors (Lipinski definition) is 2. The molecule has 0 saturated heterocycles. The van der Waals surface area contributed by atoms with Gasteiger partial charge in [-0.2, -0.15) is 5.10 Å². The van der Waals surface area contributed by atoms with Crippen LogP contribution in [-0.4, -0.2) is 14.8 Å². The van der Waals surface area contributed by atoms with Crippen LogP contribution < -0.4 is 0 Å². The highest BCUT2D eigenvalue weighted by Crippen LogP contribution is 2.27. The summed E-state index contributed by atoms with van der Waals surface area (Å²) >= 11 is 3.55. The summed E-state index contributed by atoms with van der Waals surface area (Å²) in [5.41, 5.74) is 2.19. The van der Waals surface area contributed by atoms with E-state index >= 15 is 0 Å². The predicted molar refractivity (Wildman–Crippen MR) is 74.5 cm³/mol. The maximum atomic E-state index is 4.34. The molecular weight excluding hydrogens is 290 g/mol. The average Bonchev–Trinajstić information content (AvgIpc) is 2.90. The molecule has 18 heavy (non-hydrogen) atoms. The van der Waals surface area contributed by atoms with Crippen molar-refractivity contribution in [2.45, 2.75) is 0 Å². The van der Waals surface area contributed by atoms with Gasteiger partial charge in [-0.05, 0) is 23.8 Å². The first-order valence-electron chi connectivity index (χ1n) is 5.55. The van der Waals surface area contributed by atoms with Crippen molar-refractivity contribution in [2.24, 2.45) is 0 Å². The summed E-state index contributed by atoms with van der Waals surface area (Å²) in [6.07, 6.45) is 5.58. The van der Waals surface area contributed by atoms with E-state index in [0.717, 1.165) is 21.4 Å². The van der Waals surface area contributed by atoms with Crippen LogP contribution in [0.4, 0.5) is 0 Å². The van der Waals surface area contributed by atoms with Gasteiger partial charge in [0.15, 0.2) is 5.82 Å². The number of benzene rings is 1. The van der Waals surface area contributed by atoms with Crippen LogP contribution in [0.1, 0.15) is 0 Å². The number of rotatable bonds is 2. The predicted octanol–water partition coefficient (Wildman–Crippen LogP) is 3.70. The van der Waals surface area contributed by atoms with Gasteiger partial charge in [-0.3, -0.25) is 0 Å². The van der Waals surface area contributed by atoms with Crippen LogP contribution in [0.3, 0.4) is 0 Å². The molecule has 0 bridgehead atoms. The monoisotopic (exact) mass is 299 g/mol. The smallest absolute Gasteiger partial charge is 0.153 e. The summed E-state index contributed by atoms with van der Waals surface area (Å²) in [6, 6.07) is 13.9. The highest BCUT2D eigenvalue weighted by molar-refractivity contribution is 9.10. The second kappa shape index (κ2) is 4.74. The van der Waals surface area contributed by atoms with Gasteiger partial charge in [-0.25, -0.2) is 9.67 Å². The fourth-order valence-corrected chi connectivity index (χ4v) is 2.29. The van der Waals surface area contributed by atoms with Crippen LogP contribution in [0.15, 0.2) is 65.5 Å².